The molecule has 0 radical (unpaired) electrons. The number of piperazine rings is 1. The molecule has 0 spiro atoms. The van der Waals surface area contributed by atoms with Gasteiger partial charge in [0, 0.05) is 18.1 Å². The fourth-order valence-electron chi connectivity index (χ4n) is 3.58. The van der Waals surface area contributed by atoms with Crippen molar-refractivity contribution in [2.24, 2.45) is 0 Å². The SMILES string of the molecule is O=C1CN(S(=O)(=O)c2ccc(Cl)cc2)CC2c3ccccc3CCN12. The zero-order chi connectivity index (χ0) is 17.6. The van der Waals surface area contributed by atoms with Gasteiger partial charge in [-0.25, -0.2) is 8.42 Å². The number of nitrogens with zero attached hydrogens (tertiary/aromatic N) is 2. The van der Waals surface area contributed by atoms with Gasteiger partial charge in [0.05, 0.1) is 17.5 Å². The third-order valence-corrected chi connectivity index (χ3v) is 6.95. The van der Waals surface area contributed by atoms with E-state index in [1.165, 1.54) is 22.0 Å². The van der Waals surface area contributed by atoms with Crippen molar-refractivity contribution in [2.75, 3.05) is 19.6 Å². The van der Waals surface area contributed by atoms with Crippen LogP contribution in [-0.4, -0.2) is 43.2 Å². The average Bonchev–Trinajstić information content (AvgIpc) is 2.62. The van der Waals surface area contributed by atoms with E-state index < -0.39 is 10.0 Å². The molecule has 2 aliphatic rings. The topological polar surface area (TPSA) is 57.7 Å². The van der Waals surface area contributed by atoms with Crippen LogP contribution in [0.5, 0.6) is 0 Å². The normalized spacial score (nSPS) is 20.9. The fraction of sp³-hybridized carbons (Fsp3) is 0.278. The zero-order valence-electron chi connectivity index (χ0n) is 13.4. The van der Waals surface area contributed by atoms with Crippen LogP contribution in [-0.2, 0) is 21.2 Å². The Kier molecular flexibility index (Phi) is 4.06. The summed E-state index contributed by atoms with van der Waals surface area (Å²) >= 11 is 5.85. The Bertz CT molecular complexity index is 928. The zero-order valence-corrected chi connectivity index (χ0v) is 15.0. The van der Waals surface area contributed by atoms with Gasteiger partial charge in [-0.15, -0.1) is 0 Å². The van der Waals surface area contributed by atoms with Crippen molar-refractivity contribution in [2.45, 2.75) is 17.4 Å². The number of rotatable bonds is 2. The van der Waals surface area contributed by atoms with E-state index in [2.05, 4.69) is 0 Å². The van der Waals surface area contributed by atoms with Gasteiger partial charge in [0.25, 0.3) is 0 Å². The molecule has 1 unspecified atom stereocenters. The molecule has 0 bridgehead atoms. The van der Waals surface area contributed by atoms with Gasteiger partial charge < -0.3 is 4.90 Å². The van der Waals surface area contributed by atoms with Crippen LogP contribution in [0.4, 0.5) is 0 Å². The van der Waals surface area contributed by atoms with Crippen molar-refractivity contribution in [3.63, 3.8) is 0 Å². The van der Waals surface area contributed by atoms with Crippen molar-refractivity contribution in [1.82, 2.24) is 9.21 Å². The summed E-state index contributed by atoms with van der Waals surface area (Å²) in [6.45, 7) is 0.784. The van der Waals surface area contributed by atoms with Gasteiger partial charge in [0.1, 0.15) is 0 Å². The highest BCUT2D eigenvalue weighted by molar-refractivity contribution is 7.89. The summed E-state index contributed by atoms with van der Waals surface area (Å²) in [5, 5.41) is 0.473. The Labute approximate surface area is 151 Å². The summed E-state index contributed by atoms with van der Waals surface area (Å²) in [5.74, 6) is -0.150. The summed E-state index contributed by atoms with van der Waals surface area (Å²) in [5.41, 5.74) is 2.22. The average molecular weight is 377 g/mol. The first-order valence-corrected chi connectivity index (χ1v) is 9.91. The second-order valence-electron chi connectivity index (χ2n) is 6.30. The van der Waals surface area contributed by atoms with Gasteiger partial charge in [-0.05, 0) is 41.8 Å². The van der Waals surface area contributed by atoms with Crippen molar-refractivity contribution >= 4 is 27.5 Å². The lowest BCUT2D eigenvalue weighted by Crippen LogP contribution is -2.55. The lowest BCUT2D eigenvalue weighted by atomic mass is 9.91. The van der Waals surface area contributed by atoms with Gasteiger partial charge in [0.15, 0.2) is 0 Å². The van der Waals surface area contributed by atoms with E-state index in [0.717, 1.165) is 12.0 Å². The minimum Gasteiger partial charge on any atom is -0.333 e. The predicted octanol–water partition coefficient (Wildman–Crippen LogP) is 2.47. The van der Waals surface area contributed by atoms with E-state index in [-0.39, 0.29) is 29.9 Å². The molecule has 2 aromatic rings. The standard InChI is InChI=1S/C18H17ClN2O3S/c19-14-5-7-15(8-6-14)25(23,24)20-11-17-16-4-2-1-3-13(16)9-10-21(17)18(22)12-20/h1-8,17H,9-12H2. The van der Waals surface area contributed by atoms with Gasteiger partial charge in [-0.3, -0.25) is 4.79 Å². The fourth-order valence-corrected chi connectivity index (χ4v) is 5.11. The lowest BCUT2D eigenvalue weighted by molar-refractivity contribution is -0.138. The molecule has 5 nitrogen and oxygen atoms in total. The summed E-state index contributed by atoms with van der Waals surface area (Å²) in [4.78, 5) is 14.5. The van der Waals surface area contributed by atoms with E-state index in [0.29, 0.717) is 11.6 Å². The van der Waals surface area contributed by atoms with E-state index in [9.17, 15) is 13.2 Å². The summed E-state index contributed by atoms with van der Waals surface area (Å²) in [6, 6.07) is 13.7. The van der Waals surface area contributed by atoms with E-state index >= 15 is 0 Å². The maximum Gasteiger partial charge on any atom is 0.243 e. The highest BCUT2D eigenvalue weighted by atomic mass is 35.5. The van der Waals surface area contributed by atoms with Crippen molar-refractivity contribution in [3.05, 3.63) is 64.7 Å². The van der Waals surface area contributed by atoms with Gasteiger partial charge in [-0.2, -0.15) is 4.31 Å². The molecule has 130 valence electrons. The molecule has 1 amide bonds. The van der Waals surface area contributed by atoms with Gasteiger partial charge in [0.2, 0.25) is 15.9 Å². The molecule has 0 aliphatic carbocycles. The lowest BCUT2D eigenvalue weighted by Gasteiger charge is -2.44. The molecule has 4 rings (SSSR count). The third-order valence-electron chi connectivity index (χ3n) is 4.87. The van der Waals surface area contributed by atoms with Crippen molar-refractivity contribution < 1.29 is 13.2 Å². The molecular formula is C18H17ClN2O3S. The van der Waals surface area contributed by atoms with Crippen LogP contribution in [0, 0.1) is 0 Å². The minimum absolute atomic E-state index is 0.121. The molecule has 1 saturated heterocycles. The number of amides is 1. The Hall–Kier alpha value is -1.89. The Balaban J connectivity index is 1.70. The number of benzene rings is 2. The number of carbonyl (C=O) groups is 1. The predicted molar refractivity (Wildman–Crippen MR) is 94.8 cm³/mol. The molecule has 2 aliphatic heterocycles. The monoisotopic (exact) mass is 376 g/mol. The first-order chi connectivity index (χ1) is 12.0. The number of carbonyl (C=O) groups excluding carboxylic acids is 1. The highest BCUT2D eigenvalue weighted by Gasteiger charge is 2.41. The Morgan fingerprint density at radius 3 is 2.52 bits per heavy atom. The third kappa shape index (κ3) is 2.84. The molecule has 7 heteroatoms. The first kappa shape index (κ1) is 16.6. The molecule has 0 saturated carbocycles. The van der Waals surface area contributed by atoms with Gasteiger partial charge >= 0.3 is 0 Å². The summed E-state index contributed by atoms with van der Waals surface area (Å²) < 4.78 is 27.2. The molecule has 0 aromatic heterocycles. The minimum atomic E-state index is -3.74. The molecular weight excluding hydrogens is 360 g/mol. The Morgan fingerprint density at radius 2 is 1.76 bits per heavy atom. The number of hydrogen-bond donors (Lipinski definition) is 0. The quantitative estimate of drug-likeness (QED) is 0.809. The largest absolute Gasteiger partial charge is 0.333 e. The summed E-state index contributed by atoms with van der Waals surface area (Å²) in [7, 11) is -3.74. The Morgan fingerprint density at radius 1 is 1.04 bits per heavy atom. The number of sulfonamides is 1. The second-order valence-corrected chi connectivity index (χ2v) is 8.68. The molecule has 2 aromatic carbocycles. The molecule has 25 heavy (non-hydrogen) atoms. The van der Waals surface area contributed by atoms with Crippen LogP contribution in [0.3, 0.4) is 0 Å². The van der Waals surface area contributed by atoms with Crippen LogP contribution in [0.1, 0.15) is 17.2 Å². The summed E-state index contributed by atoms with van der Waals surface area (Å²) in [6.07, 6.45) is 0.808. The molecule has 1 fully saturated rings. The number of fused-ring (bicyclic) bond motifs is 3. The van der Waals surface area contributed by atoms with Crippen molar-refractivity contribution in [3.8, 4) is 0 Å². The van der Waals surface area contributed by atoms with Crippen LogP contribution >= 0.6 is 11.6 Å². The van der Waals surface area contributed by atoms with E-state index in [1.807, 2.05) is 24.3 Å². The van der Waals surface area contributed by atoms with Crippen LogP contribution in [0.2, 0.25) is 5.02 Å². The van der Waals surface area contributed by atoms with Gasteiger partial charge in [-0.1, -0.05) is 35.9 Å². The van der Waals surface area contributed by atoms with Crippen LogP contribution in [0.15, 0.2) is 53.4 Å². The first-order valence-electron chi connectivity index (χ1n) is 8.10. The number of hydrogen-bond acceptors (Lipinski definition) is 3. The van der Waals surface area contributed by atoms with Crippen molar-refractivity contribution in [1.29, 1.82) is 0 Å². The van der Waals surface area contributed by atoms with E-state index in [1.54, 1.807) is 17.0 Å². The number of halogens is 1. The molecule has 2 heterocycles. The second kappa shape index (κ2) is 6.12. The smallest absolute Gasteiger partial charge is 0.243 e. The maximum absolute atomic E-state index is 12.9. The maximum atomic E-state index is 12.9. The van der Waals surface area contributed by atoms with Crippen LogP contribution < -0.4 is 0 Å². The molecule has 1 atom stereocenters. The van der Waals surface area contributed by atoms with Crippen LogP contribution in [0.25, 0.3) is 0 Å². The molecule has 0 N–H and O–H groups in total. The highest BCUT2D eigenvalue weighted by Crippen LogP contribution is 2.34. The van der Waals surface area contributed by atoms with E-state index in [4.69, 9.17) is 11.6 Å².